The van der Waals surface area contributed by atoms with E-state index in [-0.39, 0.29) is 6.08 Å². The van der Waals surface area contributed by atoms with Crippen molar-refractivity contribution in [3.8, 4) is 0 Å². The molecule has 0 aliphatic heterocycles. The van der Waals surface area contributed by atoms with Gasteiger partial charge in [0.15, 0.2) is 0 Å². The lowest BCUT2D eigenvalue weighted by Crippen LogP contribution is -2.34. The Morgan fingerprint density at radius 1 is 1.00 bits per heavy atom. The minimum absolute atomic E-state index is 0.214. The molecule has 1 aromatic rings. The van der Waals surface area contributed by atoms with Crippen molar-refractivity contribution in [1.29, 1.82) is 0 Å². The Labute approximate surface area is 118 Å². The third-order valence-electron chi connectivity index (χ3n) is 2.07. The van der Waals surface area contributed by atoms with E-state index >= 15 is 0 Å². The first kappa shape index (κ1) is 17.2. The first-order valence-corrected chi connectivity index (χ1v) is 6.06. The Kier molecular flexibility index (Phi) is 5.10. The highest BCUT2D eigenvalue weighted by Gasteiger charge is 2.49. The summed E-state index contributed by atoms with van der Waals surface area (Å²) in [6, 6.07) is 3.16. The monoisotopic (exact) mass is 328 g/mol. The summed E-state index contributed by atoms with van der Waals surface area (Å²) in [5, 5.41) is 1.63. The SMILES string of the molecule is O=C(C(=C/C=C/c1cccs1)C(=O)C(F)(F)F)C(F)(F)F. The van der Waals surface area contributed by atoms with Crippen LogP contribution >= 0.6 is 11.3 Å². The van der Waals surface area contributed by atoms with Crippen LogP contribution in [0.1, 0.15) is 4.88 Å². The van der Waals surface area contributed by atoms with Gasteiger partial charge < -0.3 is 0 Å². The van der Waals surface area contributed by atoms with Crippen molar-refractivity contribution < 1.29 is 35.9 Å². The Balaban J connectivity index is 3.13. The van der Waals surface area contributed by atoms with Gasteiger partial charge in [-0.2, -0.15) is 26.3 Å². The zero-order valence-corrected chi connectivity index (χ0v) is 10.8. The fraction of sp³-hybridized carbons (Fsp3) is 0.167. The van der Waals surface area contributed by atoms with Crippen LogP contribution in [-0.2, 0) is 9.59 Å². The molecule has 0 radical (unpaired) electrons. The molecule has 21 heavy (non-hydrogen) atoms. The lowest BCUT2D eigenvalue weighted by atomic mass is 10.1. The maximum atomic E-state index is 12.2. The summed E-state index contributed by atoms with van der Waals surface area (Å²) in [7, 11) is 0. The maximum absolute atomic E-state index is 12.2. The van der Waals surface area contributed by atoms with E-state index in [9.17, 15) is 35.9 Å². The first-order chi connectivity index (χ1) is 9.53. The van der Waals surface area contributed by atoms with E-state index in [1.807, 2.05) is 0 Å². The Morgan fingerprint density at radius 3 is 1.90 bits per heavy atom. The molecule has 0 unspecified atom stereocenters. The molecule has 0 amide bonds. The largest absolute Gasteiger partial charge is 0.455 e. The molecule has 0 fully saturated rings. The van der Waals surface area contributed by atoms with Gasteiger partial charge in [-0.3, -0.25) is 9.59 Å². The van der Waals surface area contributed by atoms with Gasteiger partial charge in [-0.25, -0.2) is 0 Å². The fourth-order valence-electron chi connectivity index (χ4n) is 1.19. The summed E-state index contributed by atoms with van der Waals surface area (Å²) in [5.74, 6) is -5.67. The first-order valence-electron chi connectivity index (χ1n) is 5.18. The summed E-state index contributed by atoms with van der Waals surface area (Å²) in [6.45, 7) is 0. The topological polar surface area (TPSA) is 34.1 Å². The van der Waals surface area contributed by atoms with Gasteiger partial charge in [0.25, 0.3) is 11.6 Å². The molecule has 0 aliphatic rings. The quantitative estimate of drug-likeness (QED) is 0.276. The van der Waals surface area contributed by atoms with Crippen LogP contribution in [0.3, 0.4) is 0 Å². The second kappa shape index (κ2) is 6.25. The van der Waals surface area contributed by atoms with Crippen LogP contribution in [0.5, 0.6) is 0 Å². The van der Waals surface area contributed by atoms with Gasteiger partial charge in [0, 0.05) is 4.88 Å². The molecule has 1 aromatic heterocycles. The minimum atomic E-state index is -5.57. The number of halogens is 6. The molecule has 0 bridgehead atoms. The molecule has 1 rings (SSSR count). The molecule has 0 saturated heterocycles. The number of Topliss-reactive ketones (excluding diaryl/α,β-unsaturated/α-hetero) is 2. The zero-order valence-electron chi connectivity index (χ0n) is 9.96. The summed E-state index contributed by atoms with van der Waals surface area (Å²) >= 11 is 1.17. The average molecular weight is 328 g/mol. The van der Waals surface area contributed by atoms with Crippen molar-refractivity contribution in [1.82, 2.24) is 0 Å². The number of carbonyl (C=O) groups excluding carboxylic acids is 2. The number of hydrogen-bond donors (Lipinski definition) is 0. The van der Waals surface area contributed by atoms with Crippen LogP contribution in [-0.4, -0.2) is 23.9 Å². The van der Waals surface area contributed by atoms with Crippen LogP contribution in [0, 0.1) is 0 Å². The van der Waals surface area contributed by atoms with E-state index in [2.05, 4.69) is 0 Å². The molecule has 0 N–H and O–H groups in total. The van der Waals surface area contributed by atoms with Crippen molar-refractivity contribution in [2.45, 2.75) is 12.4 Å². The average Bonchev–Trinajstić information content (AvgIpc) is 2.84. The molecular formula is C12H6F6O2S. The number of ketones is 2. The summed E-state index contributed by atoms with van der Waals surface area (Å²) in [4.78, 5) is 22.3. The van der Waals surface area contributed by atoms with Crippen LogP contribution in [0.2, 0.25) is 0 Å². The van der Waals surface area contributed by atoms with Gasteiger partial charge in [0.05, 0.1) is 5.57 Å². The number of allylic oxidation sites excluding steroid dienone is 3. The van der Waals surface area contributed by atoms with E-state index in [1.54, 1.807) is 17.5 Å². The van der Waals surface area contributed by atoms with E-state index in [4.69, 9.17) is 0 Å². The van der Waals surface area contributed by atoms with Gasteiger partial charge in [-0.05, 0) is 23.6 Å². The highest BCUT2D eigenvalue weighted by molar-refractivity contribution is 7.10. The molecule has 0 spiro atoms. The number of hydrogen-bond acceptors (Lipinski definition) is 3. The van der Waals surface area contributed by atoms with Gasteiger partial charge >= 0.3 is 12.4 Å². The van der Waals surface area contributed by atoms with Crippen LogP contribution in [0.25, 0.3) is 6.08 Å². The molecular weight excluding hydrogens is 322 g/mol. The molecule has 1 heterocycles. The van der Waals surface area contributed by atoms with Crippen molar-refractivity contribution in [2.24, 2.45) is 0 Å². The van der Waals surface area contributed by atoms with Gasteiger partial charge in [0.2, 0.25) is 0 Å². The van der Waals surface area contributed by atoms with Crippen molar-refractivity contribution in [3.63, 3.8) is 0 Å². The number of carbonyl (C=O) groups is 2. The zero-order chi connectivity index (χ0) is 16.3. The third kappa shape index (κ3) is 4.85. The fourth-order valence-corrected chi connectivity index (χ4v) is 1.81. The molecule has 9 heteroatoms. The van der Waals surface area contributed by atoms with E-state index in [1.165, 1.54) is 17.4 Å². The minimum Gasteiger partial charge on any atom is -0.284 e. The Bertz CT molecular complexity index is 550. The smallest absolute Gasteiger partial charge is 0.284 e. The molecule has 114 valence electrons. The summed E-state index contributed by atoms with van der Waals surface area (Å²) < 4.78 is 73.3. The lowest BCUT2D eigenvalue weighted by molar-refractivity contribution is -0.175. The van der Waals surface area contributed by atoms with Gasteiger partial charge in [-0.15, -0.1) is 11.3 Å². The molecule has 0 aromatic carbocycles. The normalized spacial score (nSPS) is 12.5. The van der Waals surface area contributed by atoms with E-state index < -0.39 is 29.5 Å². The van der Waals surface area contributed by atoms with Crippen molar-refractivity contribution in [2.75, 3.05) is 0 Å². The highest BCUT2D eigenvalue weighted by atomic mass is 32.1. The predicted molar refractivity (Wildman–Crippen MR) is 63.6 cm³/mol. The van der Waals surface area contributed by atoms with E-state index in [0.717, 1.165) is 6.08 Å². The Morgan fingerprint density at radius 2 is 1.52 bits per heavy atom. The highest BCUT2D eigenvalue weighted by Crippen LogP contribution is 2.27. The third-order valence-corrected chi connectivity index (χ3v) is 2.91. The Hall–Kier alpha value is -1.90. The van der Waals surface area contributed by atoms with Gasteiger partial charge in [-0.1, -0.05) is 12.1 Å². The molecule has 0 aliphatic carbocycles. The number of thiophene rings is 1. The second-order valence-electron chi connectivity index (χ2n) is 3.61. The standard InChI is InChI=1S/C12H6F6O2S/c13-11(14,15)9(19)8(10(20)12(16,17)18)5-1-3-7-4-2-6-21-7/h1-6H/b3-1+. The predicted octanol–water partition coefficient (Wildman–Crippen LogP) is 3.95. The molecule has 0 atom stereocenters. The summed E-state index contributed by atoms with van der Waals surface area (Å²) in [6.07, 6.45) is -8.95. The lowest BCUT2D eigenvalue weighted by Gasteiger charge is -2.10. The molecule has 2 nitrogen and oxygen atoms in total. The summed E-state index contributed by atoms with van der Waals surface area (Å²) in [5.41, 5.74) is -1.97. The van der Waals surface area contributed by atoms with E-state index in [0.29, 0.717) is 4.88 Å². The van der Waals surface area contributed by atoms with Gasteiger partial charge in [0.1, 0.15) is 0 Å². The van der Waals surface area contributed by atoms with Crippen LogP contribution in [0.4, 0.5) is 26.3 Å². The number of rotatable bonds is 4. The van der Waals surface area contributed by atoms with Crippen molar-refractivity contribution >= 4 is 29.0 Å². The van der Waals surface area contributed by atoms with Crippen molar-refractivity contribution in [3.05, 3.63) is 40.1 Å². The second-order valence-corrected chi connectivity index (χ2v) is 4.59. The van der Waals surface area contributed by atoms with Crippen LogP contribution < -0.4 is 0 Å². The number of alkyl halides is 6. The van der Waals surface area contributed by atoms with Crippen LogP contribution in [0.15, 0.2) is 35.2 Å². The maximum Gasteiger partial charge on any atom is 0.455 e. The molecule has 0 saturated carbocycles.